The number of hydrogen-bond acceptors (Lipinski definition) is 3. The van der Waals surface area contributed by atoms with Gasteiger partial charge in [0.1, 0.15) is 5.75 Å². The Kier molecular flexibility index (Phi) is 8.42. The van der Waals surface area contributed by atoms with Gasteiger partial charge in [0.25, 0.3) is 0 Å². The molecule has 0 aliphatic carbocycles. The molecule has 2 rings (SSSR count). The molecule has 26 heavy (non-hydrogen) atoms. The number of carbonyl (C=O) groups excluding carboxylic acids is 1. The van der Waals surface area contributed by atoms with E-state index in [1.165, 1.54) is 11.8 Å². The van der Waals surface area contributed by atoms with Crippen molar-refractivity contribution in [3.05, 3.63) is 62.0 Å². The maximum atomic E-state index is 11.8. The third kappa shape index (κ3) is 6.31. The minimum Gasteiger partial charge on any atom is -0.492 e. The van der Waals surface area contributed by atoms with E-state index in [9.17, 15) is 4.79 Å². The molecule has 2 aromatic carbocycles. The van der Waals surface area contributed by atoms with Gasteiger partial charge in [-0.3, -0.25) is 4.79 Å². The van der Waals surface area contributed by atoms with E-state index in [-0.39, 0.29) is 5.91 Å². The second-order valence-electron chi connectivity index (χ2n) is 5.50. The fourth-order valence-electron chi connectivity index (χ4n) is 2.15. The van der Waals surface area contributed by atoms with Gasteiger partial charge >= 0.3 is 0 Å². The highest BCUT2D eigenvalue weighted by molar-refractivity contribution is 9.10. The van der Waals surface area contributed by atoms with Crippen molar-refractivity contribution in [2.24, 2.45) is 5.10 Å². The van der Waals surface area contributed by atoms with Gasteiger partial charge in [0, 0.05) is 12.0 Å². The number of rotatable bonds is 8. The van der Waals surface area contributed by atoms with Gasteiger partial charge in [0.2, 0.25) is 5.91 Å². The van der Waals surface area contributed by atoms with E-state index in [0.717, 1.165) is 16.6 Å². The van der Waals surface area contributed by atoms with Crippen molar-refractivity contribution in [3.8, 4) is 5.75 Å². The van der Waals surface area contributed by atoms with Crippen molar-refractivity contribution >= 4 is 51.3 Å². The largest absolute Gasteiger partial charge is 0.492 e. The number of amides is 1. The van der Waals surface area contributed by atoms with Gasteiger partial charge < -0.3 is 4.74 Å². The zero-order chi connectivity index (χ0) is 18.9. The SMILES string of the molecule is CCc1ccc(OCCCC(=O)N/N=C/c2c(Cl)cccc2Cl)c(Br)c1. The van der Waals surface area contributed by atoms with Crippen molar-refractivity contribution in [3.63, 3.8) is 0 Å². The molecule has 0 saturated heterocycles. The molecular weight excluding hydrogens is 439 g/mol. The van der Waals surface area contributed by atoms with Gasteiger partial charge in [-0.15, -0.1) is 0 Å². The molecule has 0 aliphatic rings. The van der Waals surface area contributed by atoms with Gasteiger partial charge in [0.15, 0.2) is 0 Å². The predicted octanol–water partition coefficient (Wildman–Crippen LogP) is 5.63. The molecule has 7 heteroatoms. The fourth-order valence-corrected chi connectivity index (χ4v) is 3.19. The molecule has 0 radical (unpaired) electrons. The lowest BCUT2D eigenvalue weighted by Gasteiger charge is -2.09. The average molecular weight is 458 g/mol. The zero-order valence-electron chi connectivity index (χ0n) is 14.3. The molecule has 1 amide bonds. The highest BCUT2D eigenvalue weighted by Crippen LogP contribution is 2.26. The van der Waals surface area contributed by atoms with Gasteiger partial charge in [-0.05, 0) is 58.6 Å². The molecular formula is C19H19BrCl2N2O2. The molecule has 0 spiro atoms. The molecule has 2 aromatic rings. The monoisotopic (exact) mass is 456 g/mol. The van der Waals surface area contributed by atoms with Crippen LogP contribution in [0.25, 0.3) is 0 Å². The average Bonchev–Trinajstić information content (AvgIpc) is 2.62. The Morgan fingerprint density at radius 3 is 2.65 bits per heavy atom. The van der Waals surface area contributed by atoms with Crippen LogP contribution in [-0.2, 0) is 11.2 Å². The van der Waals surface area contributed by atoms with E-state index in [4.69, 9.17) is 27.9 Å². The summed E-state index contributed by atoms with van der Waals surface area (Å²) in [7, 11) is 0. The van der Waals surface area contributed by atoms with Crippen LogP contribution in [0.3, 0.4) is 0 Å². The van der Waals surface area contributed by atoms with Crippen LogP contribution in [0, 0.1) is 0 Å². The molecule has 1 N–H and O–H groups in total. The second-order valence-corrected chi connectivity index (χ2v) is 7.17. The minimum atomic E-state index is -0.201. The number of hydrogen-bond donors (Lipinski definition) is 1. The Balaban J connectivity index is 1.73. The number of nitrogens with one attached hydrogen (secondary N) is 1. The normalized spacial score (nSPS) is 10.9. The van der Waals surface area contributed by atoms with Crippen LogP contribution in [0.5, 0.6) is 5.75 Å². The molecule has 0 unspecified atom stereocenters. The fraction of sp³-hybridized carbons (Fsp3) is 0.263. The van der Waals surface area contributed by atoms with E-state index in [2.05, 4.69) is 33.4 Å². The van der Waals surface area contributed by atoms with Crippen LogP contribution >= 0.6 is 39.1 Å². The summed E-state index contributed by atoms with van der Waals surface area (Å²) < 4.78 is 6.61. The van der Waals surface area contributed by atoms with E-state index >= 15 is 0 Å². The standard InChI is InChI=1S/C19H19BrCl2N2O2/c1-2-13-8-9-18(15(20)11-13)26-10-4-7-19(25)24-23-12-14-16(21)5-3-6-17(14)22/h3,5-6,8-9,11-12H,2,4,7,10H2,1H3,(H,24,25)/b23-12+. The summed E-state index contributed by atoms with van der Waals surface area (Å²) in [6, 6.07) is 11.2. The van der Waals surface area contributed by atoms with E-state index < -0.39 is 0 Å². The van der Waals surface area contributed by atoms with Crippen molar-refractivity contribution in [1.29, 1.82) is 0 Å². The number of halogens is 3. The van der Waals surface area contributed by atoms with E-state index in [1.54, 1.807) is 18.2 Å². The summed E-state index contributed by atoms with van der Waals surface area (Å²) in [5.41, 5.74) is 4.26. The van der Waals surface area contributed by atoms with Crippen LogP contribution in [0.2, 0.25) is 10.0 Å². The van der Waals surface area contributed by atoms with E-state index in [0.29, 0.717) is 35.1 Å². The second kappa shape index (κ2) is 10.6. The van der Waals surface area contributed by atoms with Crippen molar-refractivity contribution in [1.82, 2.24) is 5.43 Å². The quantitative estimate of drug-likeness (QED) is 0.317. The first-order chi connectivity index (χ1) is 12.5. The number of aryl methyl sites for hydroxylation is 1. The van der Waals surface area contributed by atoms with Gasteiger partial charge in [-0.1, -0.05) is 42.3 Å². The highest BCUT2D eigenvalue weighted by atomic mass is 79.9. The summed E-state index contributed by atoms with van der Waals surface area (Å²) in [5, 5.41) is 4.84. The maximum Gasteiger partial charge on any atom is 0.240 e. The minimum absolute atomic E-state index is 0.201. The molecule has 0 bridgehead atoms. The molecule has 0 aromatic heterocycles. The predicted molar refractivity (Wildman–Crippen MR) is 110 cm³/mol. The van der Waals surface area contributed by atoms with Gasteiger partial charge in [0.05, 0.1) is 27.3 Å². The van der Waals surface area contributed by atoms with Crippen molar-refractivity contribution in [2.45, 2.75) is 26.2 Å². The lowest BCUT2D eigenvalue weighted by molar-refractivity contribution is -0.121. The number of ether oxygens (including phenoxy) is 1. The molecule has 0 saturated carbocycles. The van der Waals surface area contributed by atoms with Crippen molar-refractivity contribution < 1.29 is 9.53 Å². The molecule has 138 valence electrons. The first-order valence-electron chi connectivity index (χ1n) is 8.18. The highest BCUT2D eigenvalue weighted by Gasteiger charge is 2.05. The molecule has 0 atom stereocenters. The molecule has 0 aliphatic heterocycles. The zero-order valence-corrected chi connectivity index (χ0v) is 17.4. The summed E-state index contributed by atoms with van der Waals surface area (Å²) >= 11 is 15.5. The molecule has 4 nitrogen and oxygen atoms in total. The van der Waals surface area contributed by atoms with Crippen LogP contribution < -0.4 is 10.2 Å². The van der Waals surface area contributed by atoms with Gasteiger partial charge in [-0.2, -0.15) is 5.10 Å². The first-order valence-corrected chi connectivity index (χ1v) is 9.73. The Hall–Kier alpha value is -1.56. The Morgan fingerprint density at radius 2 is 2.00 bits per heavy atom. The molecule has 0 heterocycles. The number of carbonyl (C=O) groups is 1. The smallest absolute Gasteiger partial charge is 0.240 e. The Morgan fingerprint density at radius 1 is 1.27 bits per heavy atom. The first kappa shape index (κ1) is 20.7. The summed E-state index contributed by atoms with van der Waals surface area (Å²) in [6.45, 7) is 2.54. The summed E-state index contributed by atoms with van der Waals surface area (Å²) in [6.07, 6.45) is 3.29. The van der Waals surface area contributed by atoms with Gasteiger partial charge in [-0.25, -0.2) is 5.43 Å². The Bertz CT molecular complexity index is 777. The van der Waals surface area contributed by atoms with E-state index in [1.807, 2.05) is 18.2 Å². The number of nitrogens with zero attached hydrogens (tertiary/aromatic N) is 1. The lowest BCUT2D eigenvalue weighted by Crippen LogP contribution is -2.18. The third-order valence-electron chi connectivity index (χ3n) is 3.59. The van der Waals surface area contributed by atoms with Crippen LogP contribution in [0.1, 0.15) is 30.9 Å². The van der Waals surface area contributed by atoms with Crippen molar-refractivity contribution in [2.75, 3.05) is 6.61 Å². The molecule has 0 fully saturated rings. The Labute approximate surface area is 171 Å². The summed E-state index contributed by atoms with van der Waals surface area (Å²) in [4.78, 5) is 11.8. The summed E-state index contributed by atoms with van der Waals surface area (Å²) in [5.74, 6) is 0.572. The van der Waals surface area contributed by atoms with Crippen LogP contribution in [0.4, 0.5) is 0 Å². The number of hydrazone groups is 1. The third-order valence-corrected chi connectivity index (χ3v) is 4.87. The maximum absolute atomic E-state index is 11.8. The lowest BCUT2D eigenvalue weighted by atomic mass is 10.2. The topological polar surface area (TPSA) is 50.7 Å². The number of benzene rings is 2. The van der Waals surface area contributed by atoms with Crippen LogP contribution in [0.15, 0.2) is 46.0 Å². The van der Waals surface area contributed by atoms with Crippen LogP contribution in [-0.4, -0.2) is 18.7 Å².